The first-order valence-corrected chi connectivity index (χ1v) is 9.78. The number of nitrogens with zero attached hydrogens (tertiary/aromatic N) is 1. The summed E-state index contributed by atoms with van der Waals surface area (Å²) in [5.41, 5.74) is 0.808. The van der Waals surface area contributed by atoms with Crippen LogP contribution in [0.1, 0.15) is 75.1 Å². The lowest BCUT2D eigenvalue weighted by Gasteiger charge is -2.25. The summed E-state index contributed by atoms with van der Waals surface area (Å²) in [5.74, 6) is 1.12. The number of Topliss-reactive ketones (excluding diaryl/α,β-unsaturated/α-hetero) is 1. The Bertz CT molecular complexity index is 469. The van der Waals surface area contributed by atoms with Gasteiger partial charge in [-0.05, 0) is 56.6 Å². The Balaban J connectivity index is 0.00000312. The Morgan fingerprint density at radius 2 is 1.68 bits per heavy atom. The molecule has 1 aliphatic heterocycles. The van der Waals surface area contributed by atoms with E-state index in [1.54, 1.807) is 0 Å². The minimum absolute atomic E-state index is 0. The monoisotopic (exact) mass is 367 g/mol. The third-order valence-corrected chi connectivity index (χ3v) is 4.80. The molecule has 142 valence electrons. The molecular formula is C21H34ClNO2. The van der Waals surface area contributed by atoms with Crippen LogP contribution in [-0.2, 0) is 0 Å². The van der Waals surface area contributed by atoms with Crippen LogP contribution < -0.4 is 4.74 Å². The van der Waals surface area contributed by atoms with Gasteiger partial charge in [-0.3, -0.25) is 4.79 Å². The lowest BCUT2D eigenvalue weighted by Crippen LogP contribution is -2.31. The number of benzene rings is 1. The molecule has 0 saturated carbocycles. The number of ketones is 1. The van der Waals surface area contributed by atoms with Crippen molar-refractivity contribution in [1.29, 1.82) is 0 Å². The third kappa shape index (κ3) is 8.73. The van der Waals surface area contributed by atoms with Crippen LogP contribution in [0, 0.1) is 0 Å². The number of hydrogen-bond donors (Lipinski definition) is 0. The van der Waals surface area contributed by atoms with E-state index in [9.17, 15) is 4.79 Å². The van der Waals surface area contributed by atoms with E-state index in [1.165, 1.54) is 44.9 Å². The van der Waals surface area contributed by atoms with Crippen molar-refractivity contribution in [2.24, 2.45) is 0 Å². The van der Waals surface area contributed by atoms with Crippen LogP contribution in [-0.4, -0.2) is 36.9 Å². The fraction of sp³-hybridized carbons (Fsp3) is 0.667. The molecule has 0 radical (unpaired) electrons. The van der Waals surface area contributed by atoms with E-state index in [4.69, 9.17) is 4.74 Å². The smallest absolute Gasteiger partial charge is 0.164 e. The molecule has 0 bridgehead atoms. The Labute approximate surface area is 159 Å². The lowest BCUT2D eigenvalue weighted by molar-refractivity contribution is 0.0958. The van der Waals surface area contributed by atoms with Crippen molar-refractivity contribution in [3.05, 3.63) is 29.8 Å². The van der Waals surface area contributed by atoms with Gasteiger partial charge < -0.3 is 9.64 Å². The molecule has 0 amide bonds. The fourth-order valence-corrected chi connectivity index (χ4v) is 3.22. The average molecular weight is 368 g/mol. The van der Waals surface area contributed by atoms with Gasteiger partial charge in [-0.15, -0.1) is 12.4 Å². The Morgan fingerprint density at radius 1 is 1.00 bits per heavy atom. The van der Waals surface area contributed by atoms with Gasteiger partial charge in [0.1, 0.15) is 5.75 Å². The van der Waals surface area contributed by atoms with E-state index in [-0.39, 0.29) is 18.2 Å². The number of unbranched alkanes of at least 4 members (excludes halogenated alkanes) is 4. The highest BCUT2D eigenvalue weighted by molar-refractivity contribution is 5.96. The molecule has 0 unspecified atom stereocenters. The molecule has 25 heavy (non-hydrogen) atoms. The van der Waals surface area contributed by atoms with E-state index in [1.807, 2.05) is 24.3 Å². The summed E-state index contributed by atoms with van der Waals surface area (Å²) in [6, 6.07) is 7.68. The molecule has 0 spiro atoms. The lowest BCUT2D eigenvalue weighted by atomic mass is 10.1. The number of piperidine rings is 1. The molecule has 1 aliphatic rings. The third-order valence-electron chi connectivity index (χ3n) is 4.80. The Kier molecular flexibility index (Phi) is 11.6. The van der Waals surface area contributed by atoms with Crippen molar-refractivity contribution in [2.45, 2.75) is 64.7 Å². The Hall–Kier alpha value is -1.06. The molecular weight excluding hydrogens is 334 g/mol. The van der Waals surface area contributed by atoms with Crippen LogP contribution in [0.3, 0.4) is 0 Å². The minimum Gasteiger partial charge on any atom is -0.494 e. The van der Waals surface area contributed by atoms with E-state index < -0.39 is 0 Å². The number of halogens is 1. The highest BCUT2D eigenvalue weighted by Gasteiger charge is 2.12. The maximum atomic E-state index is 12.3. The average Bonchev–Trinajstić information content (AvgIpc) is 2.64. The quantitative estimate of drug-likeness (QED) is 0.381. The van der Waals surface area contributed by atoms with E-state index in [2.05, 4.69) is 11.8 Å². The van der Waals surface area contributed by atoms with Gasteiger partial charge in [-0.1, -0.05) is 39.0 Å². The highest BCUT2D eigenvalue weighted by Crippen LogP contribution is 2.15. The molecule has 1 aromatic rings. The van der Waals surface area contributed by atoms with Gasteiger partial charge in [0.2, 0.25) is 0 Å². The predicted molar refractivity (Wildman–Crippen MR) is 107 cm³/mol. The molecule has 1 saturated heterocycles. The summed E-state index contributed by atoms with van der Waals surface area (Å²) in [5, 5.41) is 0. The molecule has 0 aliphatic carbocycles. The van der Waals surface area contributed by atoms with E-state index in [0.29, 0.717) is 6.42 Å². The predicted octanol–water partition coefficient (Wildman–Crippen LogP) is 5.52. The maximum absolute atomic E-state index is 12.3. The molecule has 0 atom stereocenters. The Morgan fingerprint density at radius 3 is 2.36 bits per heavy atom. The van der Waals surface area contributed by atoms with Crippen LogP contribution in [0.5, 0.6) is 5.75 Å². The van der Waals surface area contributed by atoms with Gasteiger partial charge in [0.05, 0.1) is 6.61 Å². The number of hydrogen-bond acceptors (Lipinski definition) is 3. The molecule has 0 aromatic heterocycles. The fourth-order valence-electron chi connectivity index (χ4n) is 3.22. The van der Waals surface area contributed by atoms with Crippen molar-refractivity contribution in [1.82, 2.24) is 4.90 Å². The van der Waals surface area contributed by atoms with Crippen LogP contribution >= 0.6 is 12.4 Å². The summed E-state index contributed by atoms with van der Waals surface area (Å²) in [4.78, 5) is 14.7. The second-order valence-corrected chi connectivity index (χ2v) is 6.86. The van der Waals surface area contributed by atoms with Gasteiger partial charge in [-0.25, -0.2) is 0 Å². The molecule has 1 fully saturated rings. The summed E-state index contributed by atoms with van der Waals surface area (Å²) in [6.07, 6.45) is 10.7. The van der Waals surface area contributed by atoms with Gasteiger partial charge in [0, 0.05) is 18.5 Å². The minimum atomic E-state index is 0. The van der Waals surface area contributed by atoms with Crippen LogP contribution in [0.2, 0.25) is 0 Å². The van der Waals surface area contributed by atoms with Gasteiger partial charge in [-0.2, -0.15) is 0 Å². The summed E-state index contributed by atoms with van der Waals surface area (Å²) < 4.78 is 5.76. The molecule has 1 aromatic carbocycles. The van der Waals surface area contributed by atoms with Gasteiger partial charge in [0.25, 0.3) is 0 Å². The second-order valence-electron chi connectivity index (χ2n) is 6.86. The first kappa shape index (κ1) is 22.0. The zero-order chi connectivity index (χ0) is 17.0. The molecule has 1 heterocycles. The van der Waals surface area contributed by atoms with Crippen LogP contribution in [0.4, 0.5) is 0 Å². The van der Waals surface area contributed by atoms with E-state index in [0.717, 1.165) is 44.0 Å². The molecule has 0 N–H and O–H groups in total. The molecule has 3 nitrogen and oxygen atoms in total. The standard InChI is InChI=1S/C21H33NO2.ClH/c1-2-3-4-5-9-18-24-20-12-10-19(11-13-20)21(23)14-17-22-15-7-6-8-16-22;/h10-13H,2-9,14-18H2,1H3;1H. The normalized spacial score (nSPS) is 14.8. The van der Waals surface area contributed by atoms with Crippen molar-refractivity contribution in [3.8, 4) is 5.75 Å². The summed E-state index contributed by atoms with van der Waals surface area (Å²) >= 11 is 0. The zero-order valence-electron chi connectivity index (χ0n) is 15.7. The number of carbonyl (C=O) groups excluding carboxylic acids is 1. The number of likely N-dealkylation sites (tertiary alicyclic amines) is 1. The maximum Gasteiger partial charge on any atom is 0.164 e. The number of ether oxygens (including phenoxy) is 1. The van der Waals surface area contributed by atoms with Gasteiger partial charge >= 0.3 is 0 Å². The summed E-state index contributed by atoms with van der Waals surface area (Å²) in [6.45, 7) is 6.20. The number of carbonyl (C=O) groups is 1. The first-order chi connectivity index (χ1) is 11.8. The first-order valence-electron chi connectivity index (χ1n) is 9.78. The van der Waals surface area contributed by atoms with Crippen molar-refractivity contribution >= 4 is 18.2 Å². The highest BCUT2D eigenvalue weighted by atomic mass is 35.5. The van der Waals surface area contributed by atoms with Gasteiger partial charge in [0.15, 0.2) is 5.78 Å². The van der Waals surface area contributed by atoms with Crippen LogP contribution in [0.25, 0.3) is 0 Å². The number of rotatable bonds is 11. The van der Waals surface area contributed by atoms with Crippen molar-refractivity contribution in [2.75, 3.05) is 26.2 Å². The molecule has 4 heteroatoms. The van der Waals surface area contributed by atoms with Crippen molar-refractivity contribution in [3.63, 3.8) is 0 Å². The van der Waals surface area contributed by atoms with Crippen molar-refractivity contribution < 1.29 is 9.53 Å². The van der Waals surface area contributed by atoms with E-state index >= 15 is 0 Å². The second kappa shape index (κ2) is 13.2. The zero-order valence-corrected chi connectivity index (χ0v) is 16.5. The SMILES string of the molecule is CCCCCCCOc1ccc(C(=O)CCN2CCCCC2)cc1.Cl. The largest absolute Gasteiger partial charge is 0.494 e. The summed E-state index contributed by atoms with van der Waals surface area (Å²) in [7, 11) is 0. The van der Waals surface area contributed by atoms with Crippen LogP contribution in [0.15, 0.2) is 24.3 Å². The molecule has 2 rings (SSSR count). The topological polar surface area (TPSA) is 29.5 Å².